The zero-order chi connectivity index (χ0) is 16.0. The quantitative estimate of drug-likeness (QED) is 0.776. The number of benzene rings is 1. The first kappa shape index (κ1) is 18.4. The minimum absolute atomic E-state index is 0.0123. The minimum atomic E-state index is -0.217. The highest BCUT2D eigenvalue weighted by Gasteiger charge is 2.37. The molecule has 0 aromatic heterocycles. The summed E-state index contributed by atoms with van der Waals surface area (Å²) in [6.45, 7) is 7.32. The predicted octanol–water partition coefficient (Wildman–Crippen LogP) is 4.12. The number of rotatable bonds is 8. The van der Waals surface area contributed by atoms with E-state index in [1.165, 1.54) is 6.07 Å². The summed E-state index contributed by atoms with van der Waals surface area (Å²) >= 11 is 6.21. The van der Waals surface area contributed by atoms with Gasteiger partial charge in [-0.15, -0.1) is 0 Å². The Balaban J connectivity index is 3.17. The molecule has 1 aromatic carbocycles. The second-order valence-corrected chi connectivity index (χ2v) is 6.13. The van der Waals surface area contributed by atoms with E-state index in [0.29, 0.717) is 17.0 Å². The topological polar surface area (TPSA) is 15.3 Å². The van der Waals surface area contributed by atoms with Crippen molar-refractivity contribution < 1.29 is 4.39 Å². The zero-order valence-corrected chi connectivity index (χ0v) is 14.6. The van der Waals surface area contributed by atoms with E-state index in [1.54, 1.807) is 12.1 Å². The first-order chi connectivity index (χ1) is 9.92. The summed E-state index contributed by atoms with van der Waals surface area (Å²) in [6, 6.07) is 5.06. The molecule has 0 amide bonds. The molecule has 4 heteroatoms. The number of nitrogens with one attached hydrogen (secondary N) is 1. The average molecular weight is 315 g/mol. The van der Waals surface area contributed by atoms with Crippen LogP contribution in [-0.2, 0) is 6.42 Å². The first-order valence-electron chi connectivity index (χ1n) is 7.76. The fraction of sp³-hybridized carbons (Fsp3) is 0.647. The monoisotopic (exact) mass is 314 g/mol. The number of halogens is 2. The van der Waals surface area contributed by atoms with Gasteiger partial charge in [-0.25, -0.2) is 4.39 Å². The van der Waals surface area contributed by atoms with Crippen LogP contribution in [0.15, 0.2) is 18.2 Å². The van der Waals surface area contributed by atoms with Gasteiger partial charge in [0.25, 0.3) is 0 Å². The molecule has 1 aromatic rings. The predicted molar refractivity (Wildman–Crippen MR) is 89.6 cm³/mol. The van der Waals surface area contributed by atoms with Crippen LogP contribution in [0.3, 0.4) is 0 Å². The van der Waals surface area contributed by atoms with E-state index in [2.05, 4.69) is 45.1 Å². The van der Waals surface area contributed by atoms with Crippen molar-refractivity contribution in [1.82, 2.24) is 10.2 Å². The van der Waals surface area contributed by atoms with Gasteiger partial charge >= 0.3 is 0 Å². The molecule has 0 heterocycles. The summed E-state index contributed by atoms with van der Waals surface area (Å²) in [5, 5.41) is 4.05. The van der Waals surface area contributed by atoms with Crippen molar-refractivity contribution in [3.05, 3.63) is 34.6 Å². The van der Waals surface area contributed by atoms with Crippen LogP contribution in [0.5, 0.6) is 0 Å². The molecule has 1 unspecified atom stereocenters. The van der Waals surface area contributed by atoms with Crippen LogP contribution in [0.25, 0.3) is 0 Å². The van der Waals surface area contributed by atoms with Crippen molar-refractivity contribution in [3.63, 3.8) is 0 Å². The highest BCUT2D eigenvalue weighted by Crippen LogP contribution is 2.30. The van der Waals surface area contributed by atoms with E-state index in [0.717, 1.165) is 19.4 Å². The van der Waals surface area contributed by atoms with Crippen LogP contribution < -0.4 is 5.32 Å². The molecule has 2 nitrogen and oxygen atoms in total. The third kappa shape index (κ3) is 3.97. The molecule has 0 bridgehead atoms. The molecule has 21 heavy (non-hydrogen) atoms. The molecular weight excluding hydrogens is 287 g/mol. The van der Waals surface area contributed by atoms with E-state index >= 15 is 0 Å². The number of hydrogen-bond acceptors (Lipinski definition) is 2. The summed E-state index contributed by atoms with van der Waals surface area (Å²) in [7, 11) is 4.20. The van der Waals surface area contributed by atoms with Gasteiger partial charge in [-0.1, -0.05) is 38.4 Å². The molecule has 1 N–H and O–H groups in total. The van der Waals surface area contributed by atoms with Crippen molar-refractivity contribution in [2.75, 3.05) is 20.6 Å². The van der Waals surface area contributed by atoms with Crippen molar-refractivity contribution >= 4 is 11.6 Å². The molecule has 0 aliphatic carbocycles. The van der Waals surface area contributed by atoms with Gasteiger partial charge in [-0.05, 0) is 52.0 Å². The fourth-order valence-electron chi connectivity index (χ4n) is 3.32. The maximum Gasteiger partial charge on any atom is 0.127 e. The van der Waals surface area contributed by atoms with Crippen LogP contribution in [0, 0.1) is 5.82 Å². The maximum absolute atomic E-state index is 14.1. The lowest BCUT2D eigenvalue weighted by Gasteiger charge is -2.45. The Hall–Kier alpha value is -0.640. The van der Waals surface area contributed by atoms with Crippen molar-refractivity contribution in [2.24, 2.45) is 0 Å². The van der Waals surface area contributed by atoms with E-state index in [9.17, 15) is 4.39 Å². The summed E-state index contributed by atoms with van der Waals surface area (Å²) < 4.78 is 14.1. The zero-order valence-electron chi connectivity index (χ0n) is 13.8. The van der Waals surface area contributed by atoms with Gasteiger partial charge in [0.15, 0.2) is 0 Å². The van der Waals surface area contributed by atoms with E-state index < -0.39 is 0 Å². The molecule has 0 radical (unpaired) electrons. The van der Waals surface area contributed by atoms with Gasteiger partial charge in [0, 0.05) is 22.2 Å². The number of hydrogen-bond donors (Lipinski definition) is 1. The van der Waals surface area contributed by atoms with Gasteiger partial charge in [0.2, 0.25) is 0 Å². The summed E-state index contributed by atoms with van der Waals surface area (Å²) in [4.78, 5) is 2.26. The van der Waals surface area contributed by atoms with Crippen LogP contribution >= 0.6 is 11.6 Å². The lowest BCUT2D eigenvalue weighted by atomic mass is 9.80. The van der Waals surface area contributed by atoms with Crippen LogP contribution in [0.2, 0.25) is 5.02 Å². The molecule has 0 aliphatic heterocycles. The second-order valence-electron chi connectivity index (χ2n) is 5.72. The van der Waals surface area contributed by atoms with Gasteiger partial charge < -0.3 is 10.2 Å². The van der Waals surface area contributed by atoms with E-state index in [4.69, 9.17) is 11.6 Å². The molecule has 0 fully saturated rings. The summed E-state index contributed by atoms with van der Waals surface area (Å²) in [6.07, 6.45) is 2.60. The number of nitrogens with zero attached hydrogens (tertiary/aromatic N) is 1. The average Bonchev–Trinajstić information content (AvgIpc) is 2.44. The van der Waals surface area contributed by atoms with Gasteiger partial charge in [-0.3, -0.25) is 0 Å². The Labute approximate surface area is 133 Å². The molecular formula is C17H28ClFN2. The largest absolute Gasteiger partial charge is 0.312 e. The Morgan fingerprint density at radius 3 is 2.29 bits per heavy atom. The van der Waals surface area contributed by atoms with Gasteiger partial charge in [-0.2, -0.15) is 0 Å². The highest BCUT2D eigenvalue weighted by molar-refractivity contribution is 6.31. The maximum atomic E-state index is 14.1. The van der Waals surface area contributed by atoms with Crippen molar-refractivity contribution in [1.29, 1.82) is 0 Å². The van der Waals surface area contributed by atoms with Gasteiger partial charge in [0.05, 0.1) is 0 Å². The van der Waals surface area contributed by atoms with E-state index in [1.807, 2.05) is 0 Å². The van der Waals surface area contributed by atoms with E-state index in [-0.39, 0.29) is 17.4 Å². The molecule has 0 saturated heterocycles. The molecule has 1 rings (SSSR count). The van der Waals surface area contributed by atoms with Crippen LogP contribution in [0.1, 0.15) is 39.2 Å². The molecule has 0 spiro atoms. The summed E-state index contributed by atoms with van der Waals surface area (Å²) in [5.74, 6) is -0.217. The Kier molecular flexibility index (Phi) is 7.11. The van der Waals surface area contributed by atoms with Crippen molar-refractivity contribution in [3.8, 4) is 0 Å². The number of likely N-dealkylation sites (N-methyl/N-ethyl adjacent to an activating group) is 2. The molecule has 0 aliphatic rings. The Morgan fingerprint density at radius 2 is 1.86 bits per heavy atom. The fourth-order valence-corrected chi connectivity index (χ4v) is 3.56. The standard InChI is InChI=1S/C17H28ClFN2/c1-6-17(7-2,21(4)5)16(20-8-3)12-13-14(18)10-9-11-15(13)19/h9-11,16,20H,6-8,12H2,1-5H3. The molecule has 0 saturated carbocycles. The highest BCUT2D eigenvalue weighted by atomic mass is 35.5. The lowest BCUT2D eigenvalue weighted by molar-refractivity contribution is 0.0885. The third-order valence-corrected chi connectivity index (χ3v) is 5.04. The van der Waals surface area contributed by atoms with Crippen LogP contribution in [-0.4, -0.2) is 37.1 Å². The lowest BCUT2D eigenvalue weighted by Crippen LogP contribution is -2.59. The minimum Gasteiger partial charge on any atom is -0.312 e. The third-order valence-electron chi connectivity index (χ3n) is 4.68. The molecule has 120 valence electrons. The van der Waals surface area contributed by atoms with Crippen LogP contribution in [0.4, 0.5) is 4.39 Å². The van der Waals surface area contributed by atoms with Crippen molar-refractivity contribution in [2.45, 2.75) is 51.6 Å². The Morgan fingerprint density at radius 1 is 1.24 bits per heavy atom. The SMILES string of the molecule is CCNC(Cc1c(F)cccc1Cl)C(CC)(CC)N(C)C. The molecule has 1 atom stereocenters. The van der Waals surface area contributed by atoms with Gasteiger partial charge in [0.1, 0.15) is 5.82 Å². The normalized spacial score (nSPS) is 13.7. The summed E-state index contributed by atoms with van der Waals surface area (Å²) in [5.41, 5.74) is 0.597. The first-order valence-corrected chi connectivity index (χ1v) is 8.14. The second kappa shape index (κ2) is 8.11. The Bertz CT molecular complexity index is 424. The smallest absolute Gasteiger partial charge is 0.127 e.